The predicted molar refractivity (Wildman–Crippen MR) is 278 cm³/mol. The van der Waals surface area contributed by atoms with Gasteiger partial charge in [0.15, 0.2) is 0 Å². The number of aliphatic hydroxyl groups is 2. The molecule has 3 aliphatic rings. The highest BCUT2D eigenvalue weighted by molar-refractivity contribution is 6.24. The predicted octanol–water partition coefficient (Wildman–Crippen LogP) is 8.45. The lowest BCUT2D eigenvalue weighted by Crippen LogP contribution is -2.56. The number of benzene rings is 7. The molecule has 1 spiro atoms. The Balaban J connectivity index is 1.25. The number of rotatable bonds is 13. The fourth-order valence-corrected chi connectivity index (χ4v) is 10.9. The first kappa shape index (κ1) is 49.1. The number of anilines is 1. The summed E-state index contributed by atoms with van der Waals surface area (Å²) >= 11 is 0. The average molecular weight is 987 g/mol. The number of nitrogens with zero attached hydrogens (tertiary/aromatic N) is 2. The minimum atomic E-state index is -2.11. The first-order chi connectivity index (χ1) is 36.1. The van der Waals surface area contributed by atoms with Crippen molar-refractivity contribution in [2.24, 2.45) is 5.92 Å². The van der Waals surface area contributed by atoms with Crippen LogP contribution in [-0.4, -0.2) is 71.8 Å². The van der Waals surface area contributed by atoms with Gasteiger partial charge in [0.05, 0.1) is 49.6 Å². The second-order valence-corrected chi connectivity index (χ2v) is 18.5. The molecule has 3 aliphatic heterocycles. The van der Waals surface area contributed by atoms with E-state index in [-0.39, 0.29) is 31.0 Å². The van der Waals surface area contributed by atoms with Crippen LogP contribution in [0, 0.1) is 17.8 Å². The van der Waals surface area contributed by atoms with Crippen molar-refractivity contribution >= 4 is 29.5 Å². The van der Waals surface area contributed by atoms with E-state index in [0.717, 1.165) is 16.0 Å². The molecule has 3 heterocycles. The normalized spacial score (nSPS) is 21.6. The number of hydrogen-bond donors (Lipinski definition) is 4. The van der Waals surface area contributed by atoms with Gasteiger partial charge in [-0.2, -0.15) is 0 Å². The number of aliphatic hydroxyl groups excluding tert-OH is 2. The maximum absolute atomic E-state index is 16.8. The minimum Gasteiger partial charge on any atom is -0.497 e. The Kier molecular flexibility index (Phi) is 14.1. The van der Waals surface area contributed by atoms with E-state index in [9.17, 15) is 10.2 Å². The van der Waals surface area contributed by atoms with Crippen LogP contribution in [0.5, 0.6) is 11.5 Å². The second kappa shape index (κ2) is 21.3. The summed E-state index contributed by atoms with van der Waals surface area (Å²) in [7, 11) is 1.58. The third kappa shape index (κ3) is 9.15. The number of hydrogen-bond acceptors (Lipinski definition) is 10. The molecular weight excluding hydrogens is 933 g/mol. The number of morpholine rings is 1. The number of nitrogens with one attached hydrogen (secondary N) is 2. The first-order valence-corrected chi connectivity index (χ1v) is 24.5. The van der Waals surface area contributed by atoms with Crippen molar-refractivity contribution in [2.45, 2.75) is 48.7 Å². The summed E-state index contributed by atoms with van der Waals surface area (Å²) < 4.78 is 18.0. The van der Waals surface area contributed by atoms with Crippen LogP contribution in [0.3, 0.4) is 0 Å². The maximum atomic E-state index is 16.8. The molecular formula is C61H54N4O9. The van der Waals surface area contributed by atoms with Crippen LogP contribution in [0.4, 0.5) is 10.5 Å². The highest BCUT2D eigenvalue weighted by Gasteiger charge is 2.75. The van der Waals surface area contributed by atoms with Gasteiger partial charge in [0.2, 0.25) is 11.8 Å². The number of ether oxygens (including phenoxy) is 3. The Bertz CT molecular complexity index is 3220. The lowest BCUT2D eigenvalue weighted by molar-refractivity contribution is -0.178. The molecule has 2 fully saturated rings. The maximum Gasteiger partial charge on any atom is 0.329 e. The highest BCUT2D eigenvalue weighted by atomic mass is 16.6. The van der Waals surface area contributed by atoms with Crippen molar-refractivity contribution in [1.82, 2.24) is 15.5 Å². The smallest absolute Gasteiger partial charge is 0.329 e. The summed E-state index contributed by atoms with van der Waals surface area (Å²) in [4.78, 5) is 66.6. The van der Waals surface area contributed by atoms with Gasteiger partial charge < -0.3 is 35.1 Å². The quantitative estimate of drug-likeness (QED) is 0.0651. The third-order valence-corrected chi connectivity index (χ3v) is 14.2. The van der Waals surface area contributed by atoms with Crippen LogP contribution in [-0.2, 0) is 24.5 Å². The summed E-state index contributed by atoms with van der Waals surface area (Å²) in [5.41, 5.74) is 2.68. The van der Waals surface area contributed by atoms with Crippen molar-refractivity contribution in [3.63, 3.8) is 0 Å². The van der Waals surface area contributed by atoms with E-state index >= 15 is 19.2 Å². The van der Waals surface area contributed by atoms with Crippen LogP contribution < -0.4 is 25.0 Å². The van der Waals surface area contributed by atoms with E-state index < -0.39 is 71.5 Å². The van der Waals surface area contributed by atoms with Gasteiger partial charge in [-0.3, -0.25) is 19.3 Å². The lowest BCUT2D eigenvalue weighted by atomic mass is 9.65. The number of methoxy groups -OCH3 is 1. The highest BCUT2D eigenvalue weighted by Crippen LogP contribution is 2.66. The molecule has 0 saturated carbocycles. The molecule has 7 aromatic carbocycles. The summed E-state index contributed by atoms with van der Waals surface area (Å²) in [5.74, 6) is 3.61. The summed E-state index contributed by atoms with van der Waals surface area (Å²) in [5, 5.41) is 27.5. The van der Waals surface area contributed by atoms with Gasteiger partial charge >= 0.3 is 12.0 Å². The zero-order valence-electron chi connectivity index (χ0n) is 40.7. The van der Waals surface area contributed by atoms with Crippen molar-refractivity contribution < 1.29 is 43.6 Å². The summed E-state index contributed by atoms with van der Waals surface area (Å²) in [6, 6.07) is 51.6. The third-order valence-electron chi connectivity index (χ3n) is 14.2. The van der Waals surface area contributed by atoms with E-state index in [1.165, 1.54) is 0 Å². The van der Waals surface area contributed by atoms with Gasteiger partial charge in [0, 0.05) is 17.7 Å². The second-order valence-electron chi connectivity index (χ2n) is 18.5. The molecule has 8 atom stereocenters. The average Bonchev–Trinajstić information content (AvgIpc) is 3.98. The molecule has 7 aromatic rings. The van der Waals surface area contributed by atoms with E-state index in [4.69, 9.17) is 14.2 Å². The van der Waals surface area contributed by atoms with E-state index in [1.54, 1.807) is 79.9 Å². The number of imide groups is 1. The number of amides is 4. The van der Waals surface area contributed by atoms with Gasteiger partial charge in [0.25, 0.3) is 0 Å². The van der Waals surface area contributed by atoms with Crippen molar-refractivity contribution in [2.75, 3.05) is 31.8 Å². The molecule has 74 heavy (non-hydrogen) atoms. The Morgan fingerprint density at radius 2 is 1.31 bits per heavy atom. The summed E-state index contributed by atoms with van der Waals surface area (Å²) in [6.45, 7) is 1.22. The molecule has 4 N–H and O–H groups in total. The molecule has 0 bridgehead atoms. The summed E-state index contributed by atoms with van der Waals surface area (Å²) in [6.07, 6.45) is -2.13. The Hall–Kier alpha value is -8.54. The molecule has 0 unspecified atom stereocenters. The number of cyclic esters (lactones) is 1. The molecule has 0 aromatic heterocycles. The molecule has 13 nitrogen and oxygen atoms in total. The van der Waals surface area contributed by atoms with Crippen LogP contribution in [0.1, 0.15) is 81.8 Å². The van der Waals surface area contributed by atoms with Crippen LogP contribution in [0.15, 0.2) is 188 Å². The first-order valence-electron chi connectivity index (χ1n) is 24.5. The van der Waals surface area contributed by atoms with E-state index in [2.05, 4.69) is 22.5 Å². The molecule has 0 radical (unpaired) electrons. The topological polar surface area (TPSA) is 167 Å². The van der Waals surface area contributed by atoms with Crippen LogP contribution >= 0.6 is 0 Å². The molecule has 372 valence electrons. The number of carbonyl (C=O) groups excluding carboxylic acids is 4. The molecule has 2 saturated heterocycles. The Morgan fingerprint density at radius 1 is 0.703 bits per heavy atom. The fraction of sp³-hybridized carbons (Fsp3) is 0.213. The lowest BCUT2D eigenvalue weighted by Gasteiger charge is -2.46. The molecule has 13 heteroatoms. The zero-order chi connectivity index (χ0) is 51.3. The fourth-order valence-electron chi connectivity index (χ4n) is 10.9. The Labute approximate surface area is 429 Å². The zero-order valence-corrected chi connectivity index (χ0v) is 40.7. The van der Waals surface area contributed by atoms with E-state index in [0.29, 0.717) is 39.3 Å². The van der Waals surface area contributed by atoms with Crippen molar-refractivity contribution in [1.29, 1.82) is 0 Å². The van der Waals surface area contributed by atoms with E-state index in [1.807, 2.05) is 127 Å². The molecule has 4 amide bonds. The number of carbonyl (C=O) groups is 4. The Morgan fingerprint density at radius 3 is 1.97 bits per heavy atom. The van der Waals surface area contributed by atoms with Gasteiger partial charge in [-0.05, 0) is 94.9 Å². The van der Waals surface area contributed by atoms with Gasteiger partial charge in [-0.25, -0.2) is 9.69 Å². The van der Waals surface area contributed by atoms with Gasteiger partial charge in [-0.15, -0.1) is 0 Å². The number of fused-ring (bicyclic) bond motifs is 3. The number of urea groups is 1. The van der Waals surface area contributed by atoms with Crippen LogP contribution in [0.2, 0.25) is 0 Å². The molecule has 0 aliphatic carbocycles. The van der Waals surface area contributed by atoms with Gasteiger partial charge in [0.1, 0.15) is 35.7 Å². The largest absolute Gasteiger partial charge is 0.497 e. The molecule has 10 rings (SSSR count). The monoisotopic (exact) mass is 986 g/mol. The SMILES string of the molecule is COc1ccc(C#Cc2ccc3c(c2)[C@]2(C(=O)N3C(=O)N[C@H](C)c3ccccc3)[C@H](C(=O)NC[C@H](O)c3ccccc3)[C@H]3C(=O)O[C@H](c4ccccc4)[C@H](c4ccccc4)N3[C@@H]2c2cccc(OCCO)c2)cc1. The standard InChI is InChI=1S/C61H54N4O9/c1-39(42-16-7-3-8-17-42)63-60(71)64-50-33-30-41(27-26-40-28-31-47(72-2)32-29-40)36-49(50)61(59(64)70)52(57(68)62-38-51(67)43-18-9-4-10-19-43)54-58(69)74-55(45-22-13-6-14-23-45)53(44-20-11-5-12-21-44)65(54)56(61)46-24-15-25-48(37-46)73-35-34-66/h3-25,28-33,36-37,39,51-56,66-67H,34-35,38H2,1-2H3,(H,62,68)(H,63,71)/t39-,51+,52+,53+,54+,55-,56-,61+/m1/s1. The number of esters is 1. The van der Waals surface area contributed by atoms with Gasteiger partial charge in [-0.1, -0.05) is 145 Å². The minimum absolute atomic E-state index is 0.0407. The van der Waals surface area contributed by atoms with Crippen LogP contribution in [0.25, 0.3) is 0 Å². The van der Waals surface area contributed by atoms with Crippen molar-refractivity contribution in [3.05, 3.63) is 233 Å². The van der Waals surface area contributed by atoms with Crippen molar-refractivity contribution in [3.8, 4) is 23.3 Å².